The van der Waals surface area contributed by atoms with Gasteiger partial charge in [-0.25, -0.2) is 4.98 Å². The van der Waals surface area contributed by atoms with Crippen LogP contribution in [0, 0.1) is 20.8 Å². The van der Waals surface area contributed by atoms with Crippen LogP contribution in [0.2, 0.25) is 5.02 Å². The second-order valence-corrected chi connectivity index (χ2v) is 6.41. The third-order valence-corrected chi connectivity index (χ3v) is 4.33. The van der Waals surface area contributed by atoms with Crippen LogP contribution in [0.25, 0.3) is 0 Å². The predicted octanol–water partition coefficient (Wildman–Crippen LogP) is 4.62. The van der Waals surface area contributed by atoms with Gasteiger partial charge in [0.2, 0.25) is 5.88 Å². The molecule has 0 spiro atoms. The van der Waals surface area contributed by atoms with Gasteiger partial charge in [-0.15, -0.1) is 0 Å². The van der Waals surface area contributed by atoms with Gasteiger partial charge in [-0.3, -0.25) is 4.98 Å². The lowest BCUT2D eigenvalue weighted by atomic mass is 10.0. The van der Waals surface area contributed by atoms with Crippen molar-refractivity contribution in [1.82, 2.24) is 15.0 Å². The van der Waals surface area contributed by atoms with E-state index in [-0.39, 0.29) is 0 Å². The predicted molar refractivity (Wildman–Crippen MR) is 99.1 cm³/mol. The molecule has 0 aliphatic heterocycles. The minimum atomic E-state index is 0.415. The summed E-state index contributed by atoms with van der Waals surface area (Å²) in [6.45, 7) is 6.22. The Morgan fingerprint density at radius 2 is 1.80 bits per heavy atom. The van der Waals surface area contributed by atoms with Gasteiger partial charge in [0.15, 0.2) is 0 Å². The number of rotatable bonds is 5. The van der Waals surface area contributed by atoms with Gasteiger partial charge in [-0.05, 0) is 38.5 Å². The highest BCUT2D eigenvalue weighted by atomic mass is 35.5. The molecule has 0 atom stereocenters. The Bertz CT molecular complexity index is 879. The Morgan fingerprint density at radius 1 is 1.00 bits per heavy atom. The smallest absolute Gasteiger partial charge is 0.220 e. The number of hydrogen-bond acceptors (Lipinski definition) is 4. The molecule has 0 aliphatic carbocycles. The van der Waals surface area contributed by atoms with Gasteiger partial charge in [-0.1, -0.05) is 35.9 Å². The molecule has 0 radical (unpaired) electrons. The highest BCUT2D eigenvalue weighted by Gasteiger charge is 2.14. The van der Waals surface area contributed by atoms with E-state index < -0.39 is 0 Å². The van der Waals surface area contributed by atoms with Crippen LogP contribution in [0.5, 0.6) is 5.88 Å². The van der Waals surface area contributed by atoms with Gasteiger partial charge in [0, 0.05) is 40.2 Å². The minimum absolute atomic E-state index is 0.415. The molecule has 5 heteroatoms. The van der Waals surface area contributed by atoms with Gasteiger partial charge >= 0.3 is 0 Å². The van der Waals surface area contributed by atoms with E-state index in [2.05, 4.69) is 15.0 Å². The van der Waals surface area contributed by atoms with Crippen molar-refractivity contribution in [1.29, 1.82) is 0 Å². The molecule has 128 valence electrons. The summed E-state index contributed by atoms with van der Waals surface area (Å²) in [5, 5.41) is 0.733. The molecule has 3 aromatic rings. The number of halogens is 1. The monoisotopic (exact) mass is 353 g/mol. The number of nitrogens with zero attached hydrogens (tertiary/aromatic N) is 3. The summed E-state index contributed by atoms with van der Waals surface area (Å²) < 4.78 is 6.00. The zero-order valence-electron chi connectivity index (χ0n) is 14.6. The Hall–Kier alpha value is -2.46. The molecule has 0 amide bonds. The standard InChI is InChI=1S/C20H20ClN3O/c1-13-8-9-16(11-22-13)12-25-20-18(14(2)23-15(3)24-20)10-17-6-4-5-7-19(17)21/h4-9,11H,10,12H2,1-3H3. The van der Waals surface area contributed by atoms with Crippen LogP contribution in [-0.4, -0.2) is 15.0 Å². The molecule has 0 aliphatic rings. The van der Waals surface area contributed by atoms with E-state index in [0.717, 1.165) is 33.1 Å². The van der Waals surface area contributed by atoms with Crippen molar-refractivity contribution in [2.45, 2.75) is 33.8 Å². The van der Waals surface area contributed by atoms with Crippen LogP contribution in [0.1, 0.15) is 33.9 Å². The largest absolute Gasteiger partial charge is 0.472 e. The first-order valence-corrected chi connectivity index (χ1v) is 8.52. The summed E-state index contributed by atoms with van der Waals surface area (Å²) in [6, 6.07) is 11.8. The average molecular weight is 354 g/mol. The van der Waals surface area contributed by atoms with Crippen molar-refractivity contribution >= 4 is 11.6 Å². The van der Waals surface area contributed by atoms with E-state index in [0.29, 0.717) is 24.7 Å². The van der Waals surface area contributed by atoms with Gasteiger partial charge in [-0.2, -0.15) is 4.98 Å². The second-order valence-electron chi connectivity index (χ2n) is 6.00. The summed E-state index contributed by atoms with van der Waals surface area (Å²) in [7, 11) is 0. The fourth-order valence-corrected chi connectivity index (χ4v) is 2.80. The normalized spacial score (nSPS) is 10.7. The van der Waals surface area contributed by atoms with Crippen LogP contribution in [0.4, 0.5) is 0 Å². The Kier molecular flexibility index (Phi) is 5.29. The Balaban J connectivity index is 1.87. The summed E-state index contributed by atoms with van der Waals surface area (Å²) >= 11 is 6.31. The molecule has 0 saturated heterocycles. The summed E-state index contributed by atoms with van der Waals surface area (Å²) in [5.41, 5.74) is 4.88. The molecule has 0 unspecified atom stereocenters. The average Bonchev–Trinajstić information content (AvgIpc) is 2.58. The maximum Gasteiger partial charge on any atom is 0.220 e. The van der Waals surface area contributed by atoms with Crippen LogP contribution in [-0.2, 0) is 13.0 Å². The second kappa shape index (κ2) is 7.62. The molecule has 1 aromatic carbocycles. The van der Waals surface area contributed by atoms with Crippen molar-refractivity contribution in [3.8, 4) is 5.88 Å². The molecule has 0 saturated carbocycles. The molecule has 3 rings (SSSR count). The van der Waals surface area contributed by atoms with Crippen molar-refractivity contribution in [2.75, 3.05) is 0 Å². The summed E-state index contributed by atoms with van der Waals surface area (Å²) in [4.78, 5) is 13.3. The van der Waals surface area contributed by atoms with Crippen LogP contribution < -0.4 is 4.74 Å². The molecule has 0 N–H and O–H groups in total. The minimum Gasteiger partial charge on any atom is -0.472 e. The fraction of sp³-hybridized carbons (Fsp3) is 0.250. The van der Waals surface area contributed by atoms with Crippen LogP contribution >= 0.6 is 11.6 Å². The maximum absolute atomic E-state index is 6.31. The number of pyridine rings is 1. The van der Waals surface area contributed by atoms with Gasteiger partial charge in [0.05, 0.1) is 0 Å². The first-order valence-electron chi connectivity index (χ1n) is 8.15. The van der Waals surface area contributed by atoms with Gasteiger partial charge in [0.1, 0.15) is 12.4 Å². The topological polar surface area (TPSA) is 47.9 Å². The first-order chi connectivity index (χ1) is 12.0. The lowest BCUT2D eigenvalue weighted by molar-refractivity contribution is 0.288. The first kappa shape index (κ1) is 17.4. The zero-order valence-corrected chi connectivity index (χ0v) is 15.3. The van der Waals surface area contributed by atoms with Crippen LogP contribution in [0.3, 0.4) is 0 Å². The van der Waals surface area contributed by atoms with E-state index in [9.17, 15) is 0 Å². The van der Waals surface area contributed by atoms with E-state index in [1.165, 1.54) is 0 Å². The third-order valence-electron chi connectivity index (χ3n) is 3.96. The SMILES string of the molecule is Cc1ccc(COc2nc(C)nc(C)c2Cc2ccccc2Cl)cn1. The number of aryl methyl sites for hydroxylation is 3. The van der Waals surface area contributed by atoms with E-state index in [1.54, 1.807) is 0 Å². The van der Waals surface area contributed by atoms with Crippen molar-refractivity contribution < 1.29 is 4.74 Å². The molecule has 0 bridgehead atoms. The van der Waals surface area contributed by atoms with Crippen molar-refractivity contribution in [2.24, 2.45) is 0 Å². The molecular formula is C20H20ClN3O. The highest BCUT2D eigenvalue weighted by Crippen LogP contribution is 2.26. The molecule has 0 fully saturated rings. The highest BCUT2D eigenvalue weighted by molar-refractivity contribution is 6.31. The zero-order chi connectivity index (χ0) is 17.8. The molecular weight excluding hydrogens is 334 g/mol. The summed E-state index contributed by atoms with van der Waals surface area (Å²) in [6.07, 6.45) is 2.46. The van der Waals surface area contributed by atoms with Crippen molar-refractivity contribution in [3.63, 3.8) is 0 Å². The van der Waals surface area contributed by atoms with Gasteiger partial charge < -0.3 is 4.74 Å². The van der Waals surface area contributed by atoms with E-state index in [1.807, 2.05) is 63.4 Å². The number of aromatic nitrogens is 3. The van der Waals surface area contributed by atoms with Crippen molar-refractivity contribution in [3.05, 3.63) is 81.5 Å². The fourth-order valence-electron chi connectivity index (χ4n) is 2.60. The Labute approximate surface area is 152 Å². The number of benzene rings is 1. The quantitative estimate of drug-likeness (QED) is 0.671. The number of hydrogen-bond donors (Lipinski definition) is 0. The van der Waals surface area contributed by atoms with E-state index in [4.69, 9.17) is 16.3 Å². The Morgan fingerprint density at radius 3 is 2.52 bits per heavy atom. The molecule has 2 aromatic heterocycles. The summed E-state index contributed by atoms with van der Waals surface area (Å²) in [5.74, 6) is 1.29. The third kappa shape index (κ3) is 4.34. The number of ether oxygens (including phenoxy) is 1. The maximum atomic E-state index is 6.31. The molecule has 4 nitrogen and oxygen atoms in total. The van der Waals surface area contributed by atoms with Crippen LogP contribution in [0.15, 0.2) is 42.6 Å². The lowest BCUT2D eigenvalue weighted by Crippen LogP contribution is -2.07. The molecule has 2 heterocycles. The lowest BCUT2D eigenvalue weighted by Gasteiger charge is -2.14. The molecule has 25 heavy (non-hydrogen) atoms. The van der Waals surface area contributed by atoms with E-state index >= 15 is 0 Å². The van der Waals surface area contributed by atoms with Gasteiger partial charge in [0.25, 0.3) is 0 Å².